The highest BCUT2D eigenvalue weighted by Crippen LogP contribution is 2.28. The third-order valence-electron chi connectivity index (χ3n) is 4.55. The minimum absolute atomic E-state index is 0.277. The fourth-order valence-corrected chi connectivity index (χ4v) is 4.00. The Morgan fingerprint density at radius 1 is 1.21 bits per heavy atom. The van der Waals surface area contributed by atoms with Crippen molar-refractivity contribution in [3.63, 3.8) is 0 Å². The molecule has 3 nitrogen and oxygen atoms in total. The lowest BCUT2D eigenvalue weighted by Crippen LogP contribution is -2.25. The lowest BCUT2D eigenvalue weighted by atomic mass is 10.0. The van der Waals surface area contributed by atoms with Crippen LogP contribution in [0.1, 0.15) is 41.5 Å². The van der Waals surface area contributed by atoms with Crippen LogP contribution in [0, 0.1) is 19.8 Å². The summed E-state index contributed by atoms with van der Waals surface area (Å²) >= 11 is 1.76. The maximum atomic E-state index is 12.0. The smallest absolute Gasteiger partial charge is 0.336 e. The van der Waals surface area contributed by atoms with Gasteiger partial charge in [-0.15, -0.1) is 11.3 Å². The zero-order valence-corrected chi connectivity index (χ0v) is 15.4. The van der Waals surface area contributed by atoms with E-state index in [0.717, 1.165) is 22.1 Å². The fraction of sp³-hybridized carbons (Fsp3) is 0.350. The van der Waals surface area contributed by atoms with Crippen molar-refractivity contribution in [2.24, 2.45) is 5.92 Å². The molecule has 0 bridgehead atoms. The molecule has 0 radical (unpaired) electrons. The Kier molecular flexibility index (Phi) is 4.88. The second kappa shape index (κ2) is 6.91. The van der Waals surface area contributed by atoms with Crippen molar-refractivity contribution >= 4 is 22.3 Å². The van der Waals surface area contributed by atoms with E-state index in [1.165, 1.54) is 4.88 Å². The first-order valence-corrected chi connectivity index (χ1v) is 9.15. The van der Waals surface area contributed by atoms with Gasteiger partial charge in [-0.1, -0.05) is 32.0 Å². The molecule has 4 heteroatoms. The molecule has 24 heavy (non-hydrogen) atoms. The molecule has 1 atom stereocenters. The topological polar surface area (TPSA) is 42.2 Å². The van der Waals surface area contributed by atoms with Gasteiger partial charge in [-0.05, 0) is 47.9 Å². The van der Waals surface area contributed by atoms with E-state index >= 15 is 0 Å². The number of hydrogen-bond donors (Lipinski definition) is 1. The maximum Gasteiger partial charge on any atom is 0.336 e. The summed E-state index contributed by atoms with van der Waals surface area (Å²) in [5.74, 6) is 0.471. The summed E-state index contributed by atoms with van der Waals surface area (Å²) in [5.41, 5.74) is 3.58. The van der Waals surface area contributed by atoms with E-state index in [0.29, 0.717) is 18.0 Å². The van der Waals surface area contributed by atoms with Crippen molar-refractivity contribution in [3.05, 3.63) is 67.7 Å². The highest BCUT2D eigenvalue weighted by molar-refractivity contribution is 7.10. The molecule has 2 aromatic heterocycles. The summed E-state index contributed by atoms with van der Waals surface area (Å²) in [6.45, 7) is 9.10. The van der Waals surface area contributed by atoms with Gasteiger partial charge in [-0.25, -0.2) is 4.79 Å². The molecule has 0 spiro atoms. The van der Waals surface area contributed by atoms with Gasteiger partial charge in [0.15, 0.2) is 0 Å². The highest BCUT2D eigenvalue weighted by atomic mass is 32.1. The summed E-state index contributed by atoms with van der Waals surface area (Å²) in [6, 6.07) is 10.3. The van der Waals surface area contributed by atoms with Crippen LogP contribution in [0.3, 0.4) is 0 Å². The number of rotatable bonds is 5. The summed E-state index contributed by atoms with van der Waals surface area (Å²) in [4.78, 5) is 13.3. The van der Waals surface area contributed by atoms with Crippen molar-refractivity contribution in [3.8, 4) is 0 Å². The van der Waals surface area contributed by atoms with E-state index < -0.39 is 0 Å². The maximum absolute atomic E-state index is 12.0. The molecule has 0 amide bonds. The Morgan fingerprint density at radius 2 is 2.00 bits per heavy atom. The summed E-state index contributed by atoms with van der Waals surface area (Å²) in [7, 11) is 0. The zero-order chi connectivity index (χ0) is 17.3. The quantitative estimate of drug-likeness (QED) is 0.667. The summed E-state index contributed by atoms with van der Waals surface area (Å²) < 4.78 is 5.46. The first kappa shape index (κ1) is 16.9. The van der Waals surface area contributed by atoms with Crippen molar-refractivity contribution in [2.75, 3.05) is 0 Å². The molecule has 3 rings (SSSR count). The molecule has 0 saturated carbocycles. The Hall–Kier alpha value is -1.91. The van der Waals surface area contributed by atoms with Gasteiger partial charge < -0.3 is 9.73 Å². The third kappa shape index (κ3) is 3.30. The standard InChI is InChI=1S/C20H23NO2S/c1-12(2)19(17-6-5-9-24-17)21-11-15-10-18(22)23-20-14(4)13(3)7-8-16(15)20/h5-10,12,19,21H,11H2,1-4H3/t19-/m1/s1. The SMILES string of the molecule is Cc1ccc2c(CN[C@@H](c3cccs3)C(C)C)cc(=O)oc2c1C. The lowest BCUT2D eigenvalue weighted by molar-refractivity contribution is 0.416. The minimum Gasteiger partial charge on any atom is -0.422 e. The average Bonchev–Trinajstić information content (AvgIpc) is 3.05. The van der Waals surface area contributed by atoms with Crippen LogP contribution in [0.15, 0.2) is 44.9 Å². The van der Waals surface area contributed by atoms with Gasteiger partial charge in [0.2, 0.25) is 0 Å². The molecule has 2 heterocycles. The molecule has 1 aromatic carbocycles. The number of nitrogens with one attached hydrogen (secondary N) is 1. The Morgan fingerprint density at radius 3 is 2.67 bits per heavy atom. The zero-order valence-electron chi connectivity index (χ0n) is 14.6. The Bertz CT molecular complexity index is 894. The molecule has 0 aliphatic rings. The monoisotopic (exact) mass is 341 g/mol. The molecule has 1 N–H and O–H groups in total. The predicted molar refractivity (Wildman–Crippen MR) is 101 cm³/mol. The van der Waals surface area contributed by atoms with Crippen LogP contribution in [0.2, 0.25) is 0 Å². The molecule has 126 valence electrons. The van der Waals surface area contributed by atoms with E-state index in [-0.39, 0.29) is 11.7 Å². The van der Waals surface area contributed by atoms with Crippen molar-refractivity contribution in [1.82, 2.24) is 5.32 Å². The average molecular weight is 341 g/mol. The van der Waals surface area contributed by atoms with Crippen LogP contribution in [0.5, 0.6) is 0 Å². The van der Waals surface area contributed by atoms with Crippen LogP contribution in [0.25, 0.3) is 11.0 Å². The predicted octanol–water partition coefficient (Wildman–Crippen LogP) is 4.96. The number of hydrogen-bond acceptors (Lipinski definition) is 4. The van der Waals surface area contributed by atoms with E-state index in [2.05, 4.69) is 42.7 Å². The number of benzene rings is 1. The molecule has 0 aliphatic heterocycles. The van der Waals surface area contributed by atoms with Gasteiger partial charge in [-0.3, -0.25) is 0 Å². The van der Waals surface area contributed by atoms with E-state index in [1.807, 2.05) is 19.9 Å². The van der Waals surface area contributed by atoms with Crippen LogP contribution in [0.4, 0.5) is 0 Å². The van der Waals surface area contributed by atoms with Crippen LogP contribution in [-0.2, 0) is 6.54 Å². The molecular formula is C20H23NO2S. The summed E-state index contributed by atoms with van der Waals surface area (Å²) in [6.07, 6.45) is 0. The van der Waals surface area contributed by atoms with Crippen molar-refractivity contribution in [2.45, 2.75) is 40.3 Å². The highest BCUT2D eigenvalue weighted by Gasteiger charge is 2.17. The normalized spacial score (nSPS) is 12.9. The van der Waals surface area contributed by atoms with Crippen LogP contribution < -0.4 is 10.9 Å². The van der Waals surface area contributed by atoms with Crippen LogP contribution in [-0.4, -0.2) is 0 Å². The van der Waals surface area contributed by atoms with Crippen LogP contribution >= 0.6 is 11.3 Å². The Labute approximate surface area is 146 Å². The summed E-state index contributed by atoms with van der Waals surface area (Å²) in [5, 5.41) is 6.74. The number of fused-ring (bicyclic) bond motifs is 1. The first-order chi connectivity index (χ1) is 11.5. The number of aryl methyl sites for hydroxylation is 2. The molecule has 0 aliphatic carbocycles. The van der Waals surface area contributed by atoms with Gasteiger partial charge in [0.05, 0.1) is 0 Å². The van der Waals surface area contributed by atoms with Gasteiger partial charge in [0.25, 0.3) is 0 Å². The fourth-order valence-electron chi connectivity index (χ4n) is 3.02. The minimum atomic E-state index is -0.287. The molecule has 0 fully saturated rings. The molecular weight excluding hydrogens is 318 g/mol. The number of thiophene rings is 1. The van der Waals surface area contributed by atoms with E-state index in [4.69, 9.17) is 4.42 Å². The molecule has 3 aromatic rings. The van der Waals surface area contributed by atoms with E-state index in [9.17, 15) is 4.79 Å². The molecule has 0 saturated heterocycles. The lowest BCUT2D eigenvalue weighted by Gasteiger charge is -2.21. The van der Waals surface area contributed by atoms with Crippen molar-refractivity contribution in [1.29, 1.82) is 0 Å². The third-order valence-corrected chi connectivity index (χ3v) is 5.50. The van der Waals surface area contributed by atoms with Crippen molar-refractivity contribution < 1.29 is 4.42 Å². The second-order valence-electron chi connectivity index (χ2n) is 6.59. The van der Waals surface area contributed by atoms with E-state index in [1.54, 1.807) is 17.4 Å². The van der Waals surface area contributed by atoms with Gasteiger partial charge in [-0.2, -0.15) is 0 Å². The second-order valence-corrected chi connectivity index (χ2v) is 7.57. The largest absolute Gasteiger partial charge is 0.422 e. The molecule has 0 unspecified atom stereocenters. The Balaban J connectivity index is 1.95. The van der Waals surface area contributed by atoms with Gasteiger partial charge in [0, 0.05) is 28.9 Å². The van der Waals surface area contributed by atoms with Gasteiger partial charge in [0.1, 0.15) is 5.58 Å². The first-order valence-electron chi connectivity index (χ1n) is 8.27. The van der Waals surface area contributed by atoms with Gasteiger partial charge >= 0.3 is 5.63 Å².